The summed E-state index contributed by atoms with van der Waals surface area (Å²) < 4.78 is 5.10. The van der Waals surface area contributed by atoms with Gasteiger partial charge < -0.3 is 10.1 Å². The Balaban J connectivity index is 1.69. The molecule has 24 heavy (non-hydrogen) atoms. The average Bonchev–Trinajstić information content (AvgIpc) is 2.63. The normalized spacial score (nSPS) is 19.1. The lowest BCUT2D eigenvalue weighted by Crippen LogP contribution is -2.49. The zero-order chi connectivity index (χ0) is 16.8. The maximum atomic E-state index is 11.9. The number of nitrogens with zero attached hydrogens (tertiary/aromatic N) is 2. The third kappa shape index (κ3) is 3.98. The highest BCUT2D eigenvalue weighted by atomic mass is 16.5. The van der Waals surface area contributed by atoms with Crippen LogP contribution in [-0.2, 0) is 4.79 Å². The molecule has 1 amide bonds. The second-order valence-corrected chi connectivity index (χ2v) is 5.33. The van der Waals surface area contributed by atoms with E-state index in [1.54, 1.807) is 13.3 Å². The number of methoxy groups -OCH3 is 1. The smallest absolute Gasteiger partial charge is 0.229 e. The van der Waals surface area contributed by atoms with Crippen molar-refractivity contribution in [1.29, 1.82) is 0 Å². The number of nitrogens with one attached hydrogen (secondary N) is 2. The highest BCUT2D eigenvalue weighted by Gasteiger charge is 2.23. The first-order valence-corrected chi connectivity index (χ1v) is 7.61. The quantitative estimate of drug-likeness (QED) is 0.669. The van der Waals surface area contributed by atoms with E-state index in [9.17, 15) is 4.79 Å². The van der Waals surface area contributed by atoms with Crippen molar-refractivity contribution in [2.75, 3.05) is 7.11 Å². The Morgan fingerprint density at radius 1 is 1.12 bits per heavy atom. The number of hydrogen-bond donors (Lipinski definition) is 2. The monoisotopic (exact) mass is 322 g/mol. The Hall–Kier alpha value is -3.15. The summed E-state index contributed by atoms with van der Waals surface area (Å²) in [6.45, 7) is 0. The molecule has 1 unspecified atom stereocenters. The van der Waals surface area contributed by atoms with Gasteiger partial charge in [-0.05, 0) is 35.4 Å². The van der Waals surface area contributed by atoms with Crippen LogP contribution in [-0.4, -0.2) is 25.2 Å². The number of amides is 1. The van der Waals surface area contributed by atoms with E-state index in [1.807, 2.05) is 54.6 Å². The van der Waals surface area contributed by atoms with Gasteiger partial charge >= 0.3 is 0 Å². The van der Waals surface area contributed by atoms with Crippen LogP contribution in [0.5, 0.6) is 5.75 Å². The van der Waals surface area contributed by atoms with Crippen molar-refractivity contribution in [2.45, 2.75) is 12.5 Å². The molecule has 1 heterocycles. The molecule has 2 aromatic carbocycles. The second-order valence-electron chi connectivity index (χ2n) is 5.33. The lowest BCUT2D eigenvalue weighted by atomic mass is 10.0. The molecule has 2 N–H and O–H groups in total. The van der Waals surface area contributed by atoms with Gasteiger partial charge in [0.05, 0.1) is 25.8 Å². The third-order valence-corrected chi connectivity index (χ3v) is 3.64. The molecule has 1 atom stereocenters. The van der Waals surface area contributed by atoms with Crippen LogP contribution in [0.25, 0.3) is 0 Å². The van der Waals surface area contributed by atoms with Crippen LogP contribution < -0.4 is 15.4 Å². The van der Waals surface area contributed by atoms with Crippen molar-refractivity contribution < 1.29 is 9.53 Å². The molecule has 3 rings (SSSR count). The first-order valence-electron chi connectivity index (χ1n) is 7.61. The predicted molar refractivity (Wildman–Crippen MR) is 93.1 cm³/mol. The van der Waals surface area contributed by atoms with Gasteiger partial charge in [-0.1, -0.05) is 30.3 Å². The molecule has 1 aliphatic heterocycles. The van der Waals surface area contributed by atoms with Gasteiger partial charge in [-0.2, -0.15) is 5.10 Å². The van der Waals surface area contributed by atoms with Gasteiger partial charge in [-0.25, -0.2) is 0 Å². The Bertz CT molecular complexity index is 754. The summed E-state index contributed by atoms with van der Waals surface area (Å²) in [5.41, 5.74) is 1.93. The number of guanidine groups is 1. The summed E-state index contributed by atoms with van der Waals surface area (Å²) in [7, 11) is 1.62. The Morgan fingerprint density at radius 3 is 2.58 bits per heavy atom. The molecular weight excluding hydrogens is 304 g/mol. The summed E-state index contributed by atoms with van der Waals surface area (Å²) in [6, 6.07) is 17.1. The zero-order valence-corrected chi connectivity index (χ0v) is 13.3. The van der Waals surface area contributed by atoms with Crippen molar-refractivity contribution in [3.05, 3.63) is 65.7 Å². The molecule has 0 radical (unpaired) electrons. The molecule has 1 saturated heterocycles. The van der Waals surface area contributed by atoms with Gasteiger partial charge in [-0.3, -0.25) is 10.1 Å². The van der Waals surface area contributed by atoms with Crippen molar-refractivity contribution in [2.24, 2.45) is 10.2 Å². The van der Waals surface area contributed by atoms with E-state index in [2.05, 4.69) is 20.8 Å². The third-order valence-electron chi connectivity index (χ3n) is 3.64. The lowest BCUT2D eigenvalue weighted by Gasteiger charge is -2.25. The molecular formula is C18H18N4O2. The van der Waals surface area contributed by atoms with Crippen LogP contribution in [0.15, 0.2) is 64.8 Å². The van der Waals surface area contributed by atoms with Gasteiger partial charge in [0.2, 0.25) is 11.9 Å². The van der Waals surface area contributed by atoms with Crippen molar-refractivity contribution >= 4 is 18.1 Å². The fourth-order valence-electron chi connectivity index (χ4n) is 2.40. The minimum Gasteiger partial charge on any atom is -0.497 e. The Labute approximate surface area is 140 Å². The van der Waals surface area contributed by atoms with Crippen LogP contribution in [0.4, 0.5) is 0 Å². The van der Waals surface area contributed by atoms with E-state index in [1.165, 1.54) is 0 Å². The molecule has 1 fully saturated rings. The minimum atomic E-state index is -0.102. The summed E-state index contributed by atoms with van der Waals surface area (Å²) in [5, 5.41) is 14.0. The molecule has 6 nitrogen and oxygen atoms in total. The van der Waals surface area contributed by atoms with E-state index in [4.69, 9.17) is 4.74 Å². The highest BCUT2D eigenvalue weighted by molar-refractivity contribution is 6.00. The molecule has 0 aromatic heterocycles. The molecule has 122 valence electrons. The zero-order valence-electron chi connectivity index (χ0n) is 13.3. The maximum absolute atomic E-state index is 11.9. The summed E-state index contributed by atoms with van der Waals surface area (Å²) >= 11 is 0. The largest absolute Gasteiger partial charge is 0.497 e. The van der Waals surface area contributed by atoms with Crippen LogP contribution in [0.1, 0.15) is 23.6 Å². The first-order chi connectivity index (χ1) is 11.7. The van der Waals surface area contributed by atoms with E-state index in [-0.39, 0.29) is 11.9 Å². The van der Waals surface area contributed by atoms with E-state index < -0.39 is 0 Å². The Morgan fingerprint density at radius 2 is 1.88 bits per heavy atom. The van der Waals surface area contributed by atoms with Gasteiger partial charge in [0, 0.05) is 0 Å². The Kier molecular flexibility index (Phi) is 4.86. The average molecular weight is 322 g/mol. The maximum Gasteiger partial charge on any atom is 0.229 e. The molecule has 6 heteroatoms. The molecule has 0 bridgehead atoms. The predicted octanol–water partition coefficient (Wildman–Crippen LogP) is 2.24. The fraction of sp³-hybridized carbons (Fsp3) is 0.167. The molecule has 0 saturated carbocycles. The minimum absolute atomic E-state index is 0.0824. The SMILES string of the molecule is COc1ccc(C=NN=C2NC(=O)CC(c3ccccc3)N2)cc1. The molecule has 2 aromatic rings. The number of carbonyl (C=O) groups excluding carboxylic acids is 1. The van der Waals surface area contributed by atoms with Gasteiger partial charge in [0.15, 0.2) is 0 Å². The van der Waals surface area contributed by atoms with Gasteiger partial charge in [-0.15, -0.1) is 5.10 Å². The van der Waals surface area contributed by atoms with E-state index in [0.29, 0.717) is 12.4 Å². The topological polar surface area (TPSA) is 75.1 Å². The number of carbonyl (C=O) groups is 1. The summed E-state index contributed by atoms with van der Waals surface area (Å²) in [6.07, 6.45) is 1.98. The van der Waals surface area contributed by atoms with Crippen molar-refractivity contribution in [3.63, 3.8) is 0 Å². The highest BCUT2D eigenvalue weighted by Crippen LogP contribution is 2.18. The second kappa shape index (κ2) is 7.41. The van der Waals surface area contributed by atoms with Crippen LogP contribution >= 0.6 is 0 Å². The lowest BCUT2D eigenvalue weighted by molar-refractivity contribution is -0.120. The standard InChI is InChI=1S/C18H18N4O2/c1-24-15-9-7-13(8-10-15)12-19-22-18-20-16(11-17(23)21-18)14-5-3-2-4-6-14/h2-10,12,16H,11H2,1H3,(H2,20,21,22,23). The van der Waals surface area contributed by atoms with E-state index in [0.717, 1.165) is 16.9 Å². The number of ether oxygens (including phenoxy) is 1. The van der Waals surface area contributed by atoms with Crippen LogP contribution in [0.2, 0.25) is 0 Å². The van der Waals surface area contributed by atoms with Crippen molar-refractivity contribution in [3.8, 4) is 5.75 Å². The first kappa shape index (κ1) is 15.7. The van der Waals surface area contributed by atoms with Gasteiger partial charge in [0.1, 0.15) is 5.75 Å². The van der Waals surface area contributed by atoms with E-state index >= 15 is 0 Å². The number of rotatable bonds is 4. The summed E-state index contributed by atoms with van der Waals surface area (Å²) in [5.74, 6) is 1.05. The number of benzene rings is 2. The van der Waals surface area contributed by atoms with Crippen LogP contribution in [0.3, 0.4) is 0 Å². The van der Waals surface area contributed by atoms with Gasteiger partial charge in [0.25, 0.3) is 0 Å². The molecule has 0 aliphatic carbocycles. The summed E-state index contributed by atoms with van der Waals surface area (Å²) in [4.78, 5) is 11.9. The van der Waals surface area contributed by atoms with Crippen LogP contribution in [0, 0.1) is 0 Å². The van der Waals surface area contributed by atoms with Crippen molar-refractivity contribution in [1.82, 2.24) is 10.6 Å². The molecule has 1 aliphatic rings. The molecule has 0 spiro atoms. The number of hydrogen-bond acceptors (Lipinski definition) is 4. The fourth-order valence-corrected chi connectivity index (χ4v) is 2.40.